The minimum Gasteiger partial charge on any atom is -0.394 e. The number of rotatable bonds is 5. The van der Waals surface area contributed by atoms with Crippen LogP contribution in [0.5, 0.6) is 0 Å². The molecule has 1 aromatic heterocycles. The second-order valence-corrected chi connectivity index (χ2v) is 6.37. The molecule has 24 heavy (non-hydrogen) atoms. The Morgan fingerprint density at radius 3 is 2.96 bits per heavy atom. The van der Waals surface area contributed by atoms with Gasteiger partial charge in [-0.2, -0.15) is 5.10 Å². The van der Waals surface area contributed by atoms with Crippen LogP contribution in [0.25, 0.3) is 0 Å². The first-order valence-corrected chi connectivity index (χ1v) is 8.39. The van der Waals surface area contributed by atoms with Gasteiger partial charge in [0.05, 0.1) is 17.8 Å². The lowest BCUT2D eigenvalue weighted by molar-refractivity contribution is 0.164. The minimum absolute atomic E-state index is 0.121. The van der Waals surface area contributed by atoms with Gasteiger partial charge in [-0.05, 0) is 30.4 Å². The fourth-order valence-electron chi connectivity index (χ4n) is 3.41. The number of amides is 2. The van der Waals surface area contributed by atoms with Gasteiger partial charge in [-0.1, -0.05) is 37.6 Å². The summed E-state index contributed by atoms with van der Waals surface area (Å²) in [6, 6.07) is 9.50. The SMILES string of the molecule is CCCc1cc(NC(=O)NC2(CO)CCc3ccccc32)n(C)n1. The molecule has 6 heteroatoms. The van der Waals surface area contributed by atoms with Crippen LogP contribution in [0.3, 0.4) is 0 Å². The van der Waals surface area contributed by atoms with Crippen molar-refractivity contribution in [3.63, 3.8) is 0 Å². The highest BCUT2D eigenvalue weighted by atomic mass is 16.3. The van der Waals surface area contributed by atoms with Crippen molar-refractivity contribution in [3.05, 3.63) is 47.2 Å². The molecule has 0 radical (unpaired) electrons. The summed E-state index contributed by atoms with van der Waals surface area (Å²) in [5.41, 5.74) is 2.42. The summed E-state index contributed by atoms with van der Waals surface area (Å²) >= 11 is 0. The van der Waals surface area contributed by atoms with Crippen molar-refractivity contribution in [1.29, 1.82) is 0 Å². The zero-order valence-electron chi connectivity index (χ0n) is 14.2. The lowest BCUT2D eigenvalue weighted by Crippen LogP contribution is -2.49. The van der Waals surface area contributed by atoms with Crippen LogP contribution in [0, 0.1) is 0 Å². The maximum Gasteiger partial charge on any atom is 0.321 e. The van der Waals surface area contributed by atoms with Crippen molar-refractivity contribution in [2.75, 3.05) is 11.9 Å². The molecule has 0 saturated heterocycles. The Balaban J connectivity index is 1.75. The van der Waals surface area contributed by atoms with E-state index < -0.39 is 5.54 Å². The van der Waals surface area contributed by atoms with Crippen LogP contribution in [-0.2, 0) is 25.4 Å². The molecule has 6 nitrogen and oxygen atoms in total. The van der Waals surface area contributed by atoms with Crippen LogP contribution in [0.4, 0.5) is 10.6 Å². The van der Waals surface area contributed by atoms with Crippen molar-refractivity contribution in [1.82, 2.24) is 15.1 Å². The number of fused-ring (bicyclic) bond motifs is 1. The Morgan fingerprint density at radius 1 is 1.42 bits per heavy atom. The van der Waals surface area contributed by atoms with Crippen molar-refractivity contribution in [2.45, 2.75) is 38.1 Å². The number of hydrogen-bond donors (Lipinski definition) is 3. The molecule has 0 fully saturated rings. The first-order valence-electron chi connectivity index (χ1n) is 8.39. The number of anilines is 1. The number of aliphatic hydroxyl groups excluding tert-OH is 1. The molecule has 1 aromatic carbocycles. The van der Waals surface area contributed by atoms with E-state index in [4.69, 9.17) is 0 Å². The van der Waals surface area contributed by atoms with Crippen LogP contribution < -0.4 is 10.6 Å². The molecule has 0 spiro atoms. The highest BCUT2D eigenvalue weighted by Crippen LogP contribution is 2.36. The van der Waals surface area contributed by atoms with E-state index in [0.717, 1.165) is 30.5 Å². The zero-order valence-corrected chi connectivity index (χ0v) is 14.2. The highest BCUT2D eigenvalue weighted by molar-refractivity contribution is 5.89. The van der Waals surface area contributed by atoms with E-state index in [2.05, 4.69) is 22.7 Å². The standard InChI is InChI=1S/C18H24N4O2/c1-3-6-14-11-16(22(2)21-14)19-17(24)20-18(12-23)10-9-13-7-4-5-8-15(13)18/h4-5,7-8,11,23H,3,6,9-10,12H2,1-2H3,(H2,19,20,24). The molecule has 1 atom stereocenters. The van der Waals surface area contributed by atoms with Gasteiger partial charge in [-0.15, -0.1) is 0 Å². The van der Waals surface area contributed by atoms with Gasteiger partial charge in [0.15, 0.2) is 0 Å². The predicted octanol–water partition coefficient (Wildman–Crippen LogP) is 2.33. The quantitative estimate of drug-likeness (QED) is 0.788. The summed E-state index contributed by atoms with van der Waals surface area (Å²) in [4.78, 5) is 12.5. The Hall–Kier alpha value is -2.34. The number of aromatic nitrogens is 2. The maximum absolute atomic E-state index is 12.5. The van der Waals surface area contributed by atoms with E-state index >= 15 is 0 Å². The number of urea groups is 1. The van der Waals surface area contributed by atoms with Crippen molar-refractivity contribution >= 4 is 11.8 Å². The number of carbonyl (C=O) groups is 1. The third-order valence-corrected chi connectivity index (χ3v) is 4.65. The Bertz CT molecular complexity index is 740. The predicted molar refractivity (Wildman–Crippen MR) is 92.9 cm³/mol. The topological polar surface area (TPSA) is 79.2 Å². The first kappa shape index (κ1) is 16.5. The summed E-state index contributed by atoms with van der Waals surface area (Å²) < 4.78 is 1.67. The van der Waals surface area contributed by atoms with Crippen molar-refractivity contribution in [2.24, 2.45) is 7.05 Å². The molecular weight excluding hydrogens is 304 g/mol. The number of nitrogens with one attached hydrogen (secondary N) is 2. The van der Waals surface area contributed by atoms with Gasteiger partial charge in [0.2, 0.25) is 0 Å². The van der Waals surface area contributed by atoms with Crippen molar-refractivity contribution < 1.29 is 9.90 Å². The number of aryl methyl sites for hydroxylation is 3. The van der Waals surface area contributed by atoms with Gasteiger partial charge >= 0.3 is 6.03 Å². The highest BCUT2D eigenvalue weighted by Gasteiger charge is 2.39. The fourth-order valence-corrected chi connectivity index (χ4v) is 3.41. The first-order chi connectivity index (χ1) is 11.6. The van der Waals surface area contributed by atoms with Crippen LogP contribution in [0.2, 0.25) is 0 Å². The third kappa shape index (κ3) is 3.01. The molecule has 128 valence electrons. The van der Waals surface area contributed by atoms with Gasteiger partial charge in [-0.25, -0.2) is 4.79 Å². The molecular formula is C18H24N4O2. The Morgan fingerprint density at radius 2 is 2.21 bits per heavy atom. The average molecular weight is 328 g/mol. The molecule has 3 N–H and O–H groups in total. The van der Waals surface area contributed by atoms with E-state index in [0.29, 0.717) is 12.2 Å². The number of aliphatic hydroxyl groups is 1. The fraction of sp³-hybridized carbons (Fsp3) is 0.444. The summed E-state index contributed by atoms with van der Waals surface area (Å²) in [6.07, 6.45) is 3.43. The number of hydrogen-bond acceptors (Lipinski definition) is 3. The Kier molecular flexibility index (Phi) is 4.57. The van der Waals surface area contributed by atoms with Gasteiger partial charge < -0.3 is 10.4 Å². The number of benzene rings is 1. The summed E-state index contributed by atoms with van der Waals surface area (Å²) in [5, 5.41) is 20.1. The molecule has 0 aliphatic heterocycles. The molecule has 1 unspecified atom stereocenters. The minimum atomic E-state index is -0.717. The third-order valence-electron chi connectivity index (χ3n) is 4.65. The molecule has 3 rings (SSSR count). The zero-order chi connectivity index (χ0) is 17.2. The van der Waals surface area contributed by atoms with Crippen LogP contribution >= 0.6 is 0 Å². The second kappa shape index (κ2) is 6.65. The monoisotopic (exact) mass is 328 g/mol. The van der Waals surface area contributed by atoms with Crippen LogP contribution in [-0.4, -0.2) is 27.5 Å². The molecule has 1 aliphatic rings. The number of nitrogens with zero attached hydrogens (tertiary/aromatic N) is 2. The van der Waals surface area contributed by atoms with E-state index in [1.54, 1.807) is 11.7 Å². The number of carbonyl (C=O) groups excluding carboxylic acids is 1. The average Bonchev–Trinajstić information content (AvgIpc) is 3.10. The van der Waals surface area contributed by atoms with E-state index in [9.17, 15) is 9.90 Å². The van der Waals surface area contributed by atoms with Gasteiger partial charge in [0, 0.05) is 13.1 Å². The summed E-state index contributed by atoms with van der Waals surface area (Å²) in [6.45, 7) is 1.97. The molecule has 0 saturated carbocycles. The lowest BCUT2D eigenvalue weighted by Gasteiger charge is -2.29. The molecule has 2 amide bonds. The second-order valence-electron chi connectivity index (χ2n) is 6.37. The summed E-state index contributed by atoms with van der Waals surface area (Å²) in [5.74, 6) is 0.648. The largest absolute Gasteiger partial charge is 0.394 e. The molecule has 1 heterocycles. The van der Waals surface area contributed by atoms with E-state index in [1.807, 2.05) is 30.3 Å². The van der Waals surface area contributed by atoms with Gasteiger partial charge in [-0.3, -0.25) is 10.00 Å². The van der Waals surface area contributed by atoms with Gasteiger partial charge in [0.25, 0.3) is 0 Å². The van der Waals surface area contributed by atoms with Crippen molar-refractivity contribution in [3.8, 4) is 0 Å². The smallest absolute Gasteiger partial charge is 0.321 e. The molecule has 1 aliphatic carbocycles. The lowest BCUT2D eigenvalue weighted by atomic mass is 9.93. The van der Waals surface area contributed by atoms with Crippen LogP contribution in [0.15, 0.2) is 30.3 Å². The maximum atomic E-state index is 12.5. The Labute approximate surface area is 141 Å². The molecule has 2 aromatic rings. The summed E-state index contributed by atoms with van der Waals surface area (Å²) in [7, 11) is 1.81. The van der Waals surface area contributed by atoms with Gasteiger partial charge in [0.1, 0.15) is 5.82 Å². The normalized spacial score (nSPS) is 19.1. The van der Waals surface area contributed by atoms with Crippen LogP contribution in [0.1, 0.15) is 36.6 Å². The van der Waals surface area contributed by atoms with E-state index in [1.165, 1.54) is 5.56 Å². The molecule has 0 bridgehead atoms. The van der Waals surface area contributed by atoms with E-state index in [-0.39, 0.29) is 12.6 Å².